The average molecular weight is 2050 g/mol. The minimum Gasteiger partial charge on any atom is -0.462 e. The summed E-state index contributed by atoms with van der Waals surface area (Å²) in [6, 6.07) is -6.91. The second-order valence-corrected chi connectivity index (χ2v) is 36.3. The predicted octanol–water partition coefficient (Wildman–Crippen LogP) is -15.7. The molecule has 0 aromatic rings. The number of carbonyl (C=O) groups excluding carboxylic acids is 13. The number of rotatable bonds is 39. The van der Waals surface area contributed by atoms with E-state index in [0.29, 0.717) is 37.9 Å². The van der Waals surface area contributed by atoms with Crippen molar-refractivity contribution in [2.45, 2.75) is 333 Å². The fourth-order valence-corrected chi connectivity index (χ4v) is 15.1. The summed E-state index contributed by atoms with van der Waals surface area (Å²) in [5.74, 6) is -22.4. The Morgan fingerprint density at radius 3 is 1.23 bits per heavy atom. The van der Waals surface area contributed by atoms with Crippen molar-refractivity contribution in [1.82, 2.24) is 36.4 Å². The molecule has 6 fully saturated rings. The maximum atomic E-state index is 12.4. The number of cyclic esters (lactones) is 1. The summed E-state index contributed by atoms with van der Waals surface area (Å²) in [6.07, 6.45) is -30.5. The number of aliphatic hydroxyl groups is 22. The van der Waals surface area contributed by atoms with Gasteiger partial charge in [-0.15, -0.1) is 0 Å². The highest BCUT2D eigenvalue weighted by atomic mass is 16.7. The van der Waals surface area contributed by atoms with E-state index in [1.165, 1.54) is 67.7 Å². The maximum Gasteiger partial charge on any atom is 0.367 e. The molecule has 6 saturated heterocycles. The lowest BCUT2D eigenvalue weighted by Crippen LogP contribution is -2.67. The van der Waals surface area contributed by atoms with Gasteiger partial charge in [-0.2, -0.15) is 0 Å². The molecule has 0 radical (unpaired) electrons. The standard InChI is InChI=1S/C20H36N2O10.C17H25NO11.C16H31N3O8.C16H28N2O8.C15H26N2O10/c1-10(2)17(21)18(27)30-8-12(24)6-14-16(11(3)23)13(25)7-20(29,32-14)19(28)31-9-15(26)22(4)5;1-7-3-12(23)28-11(7)6-27-16(25)17(26)4-9(21)13(18-8(2)20)15(29-17)14(24)10(22)5-19;1-8(20)19-12-10(21)6-16(2,25)27-14(12)13(23)11(22)7-26-15(24)9(18)4-3-5-17;1-8(19)18-12-10(20)6-16(2,24)26-14(12)13(22)11(21)7-25-15(23)9-4-3-5-17-9;1-7(19)16-11-8(20)4-15(25,14(24)26-6-10(22)17(2)3)27-13(11)12(23)9(21)5-18/h10-14,16-17,23-25,29H,6-9,21H2,1-5H3;9-10,13-15,19,21-22,24,26H,3-6H2,1-2H3,(H,18,20);9-14,21-23,25H,3-7,17-18H2,1-2H3,(H,19,20);9-14,17,20-22,24H,3-7H2,1-2H3,(H,18,19);8-9,11-13,18,20-21,23,25H,4-6H2,1-3H3,(H,16,19)/t11-,12+,13?,14?,16?,17+,20?;9-,10+,13+,14+,15+,17-;2*9-,10+,11-,12-,13-,14-,16-;8-,9+,11+,12+,13+,15-/m10110/s1. The second kappa shape index (κ2) is 57.5. The van der Waals surface area contributed by atoms with Gasteiger partial charge in [-0.25, -0.2) is 14.4 Å². The molecule has 33 atom stereocenters. The van der Waals surface area contributed by atoms with Crippen LogP contribution in [0.1, 0.15) is 140 Å². The first-order valence-corrected chi connectivity index (χ1v) is 45.0. The quantitative estimate of drug-likeness (QED) is 0.0201. The maximum absolute atomic E-state index is 12.4. The molecule has 33 N–H and O–H groups in total. The van der Waals surface area contributed by atoms with Gasteiger partial charge in [0, 0.05) is 100 Å². The summed E-state index contributed by atoms with van der Waals surface area (Å²) in [6.45, 7) is 9.73. The summed E-state index contributed by atoms with van der Waals surface area (Å²) in [4.78, 5) is 155. The summed E-state index contributed by atoms with van der Waals surface area (Å²) in [5.41, 5.74) is 17.2. The van der Waals surface area contributed by atoms with E-state index in [0.717, 1.165) is 25.2 Å². The zero-order chi connectivity index (χ0) is 108. The van der Waals surface area contributed by atoms with Crippen LogP contribution in [0, 0.1) is 11.8 Å². The van der Waals surface area contributed by atoms with E-state index < -0.39 is 349 Å². The van der Waals surface area contributed by atoms with Crippen LogP contribution < -0.4 is 43.8 Å². The van der Waals surface area contributed by atoms with Crippen LogP contribution in [0.2, 0.25) is 0 Å². The van der Waals surface area contributed by atoms with Crippen molar-refractivity contribution in [1.29, 1.82) is 0 Å². The first-order valence-electron chi connectivity index (χ1n) is 45.0. The van der Waals surface area contributed by atoms with Gasteiger partial charge in [0.2, 0.25) is 23.6 Å². The van der Waals surface area contributed by atoms with E-state index in [1.54, 1.807) is 20.8 Å². The minimum atomic E-state index is -2.75. The van der Waals surface area contributed by atoms with Gasteiger partial charge in [-0.1, -0.05) is 13.8 Å². The topological polar surface area (TPSA) is 922 Å². The van der Waals surface area contributed by atoms with E-state index in [-0.39, 0.29) is 37.4 Å². The number of hydrogen-bond donors (Lipinski definition) is 30. The number of esters is 7. The van der Waals surface area contributed by atoms with Gasteiger partial charge < -0.3 is 223 Å². The number of carbonyl (C=O) groups is 13. The van der Waals surface area contributed by atoms with E-state index in [1.807, 2.05) is 0 Å². The number of hydrogen-bond acceptors (Lipinski definition) is 51. The third-order valence-electron chi connectivity index (χ3n) is 22.8. The zero-order valence-corrected chi connectivity index (χ0v) is 80.8. The average Bonchev–Trinajstić information content (AvgIpc) is 1.21. The largest absolute Gasteiger partial charge is 0.462 e. The fraction of sp³-hybridized carbons (Fsp3) is 0.821. The van der Waals surface area contributed by atoms with Crippen LogP contribution in [0.15, 0.2) is 11.3 Å². The lowest BCUT2D eigenvalue weighted by Gasteiger charge is -2.45. The van der Waals surface area contributed by atoms with E-state index >= 15 is 0 Å². The van der Waals surface area contributed by atoms with Crippen LogP contribution in [-0.2, 0) is 119 Å². The molecule has 814 valence electrons. The molecule has 0 aromatic heterocycles. The molecule has 4 unspecified atom stereocenters. The molecule has 7 rings (SSSR count). The molecule has 141 heavy (non-hydrogen) atoms. The van der Waals surface area contributed by atoms with Crippen molar-refractivity contribution in [2.75, 3.05) is 94.1 Å². The van der Waals surface area contributed by atoms with Crippen LogP contribution >= 0.6 is 0 Å². The highest BCUT2D eigenvalue weighted by molar-refractivity contribution is 5.85. The van der Waals surface area contributed by atoms with Gasteiger partial charge in [-0.05, 0) is 78.0 Å². The number of nitrogens with zero attached hydrogens (tertiary/aromatic N) is 2. The first kappa shape index (κ1) is 127. The fourth-order valence-electron chi connectivity index (χ4n) is 15.1. The third-order valence-corrected chi connectivity index (χ3v) is 22.8. The Morgan fingerprint density at radius 1 is 0.504 bits per heavy atom. The normalized spacial score (nSPS) is 31.7. The Balaban J connectivity index is 0.000000454. The Hall–Kier alpha value is -8.39. The van der Waals surface area contributed by atoms with Crippen molar-refractivity contribution in [3.05, 3.63) is 11.3 Å². The molecule has 0 aromatic carbocycles. The van der Waals surface area contributed by atoms with Gasteiger partial charge in [0.1, 0.15) is 124 Å². The Bertz CT molecular complexity index is 4080. The number of nitrogens with two attached hydrogens (primary N) is 3. The zero-order valence-electron chi connectivity index (χ0n) is 80.8. The Kier molecular flexibility index (Phi) is 51.7. The molecule has 57 nitrogen and oxygen atoms in total. The van der Waals surface area contributed by atoms with Gasteiger partial charge >= 0.3 is 41.8 Å². The van der Waals surface area contributed by atoms with Crippen molar-refractivity contribution >= 4 is 77.2 Å². The Labute approximate surface area is 810 Å². The van der Waals surface area contributed by atoms with Crippen LogP contribution in [0.4, 0.5) is 0 Å². The predicted molar refractivity (Wildman–Crippen MR) is 469 cm³/mol. The second-order valence-electron chi connectivity index (χ2n) is 36.3. The van der Waals surface area contributed by atoms with Crippen LogP contribution in [0.3, 0.4) is 0 Å². The molecular formula is C84H146N10O47. The van der Waals surface area contributed by atoms with Gasteiger partial charge in [0.05, 0.1) is 92.6 Å². The van der Waals surface area contributed by atoms with Crippen molar-refractivity contribution in [3.63, 3.8) is 0 Å². The Morgan fingerprint density at radius 2 is 0.872 bits per heavy atom. The summed E-state index contributed by atoms with van der Waals surface area (Å²) in [7, 11) is 5.76. The molecule has 0 bridgehead atoms. The lowest BCUT2D eigenvalue weighted by molar-refractivity contribution is -0.297. The number of amides is 6. The van der Waals surface area contributed by atoms with Crippen molar-refractivity contribution in [2.24, 2.45) is 29.0 Å². The molecule has 6 amide bonds. The van der Waals surface area contributed by atoms with E-state index in [4.69, 9.17) is 84.3 Å². The molecule has 7 heterocycles. The highest BCUT2D eigenvalue weighted by Gasteiger charge is 2.59. The molecule has 57 heteroatoms. The van der Waals surface area contributed by atoms with E-state index in [9.17, 15) is 164 Å². The third kappa shape index (κ3) is 39.5. The van der Waals surface area contributed by atoms with Crippen LogP contribution in [0.25, 0.3) is 0 Å². The van der Waals surface area contributed by atoms with Crippen molar-refractivity contribution in [3.8, 4) is 0 Å². The molecule has 7 aliphatic heterocycles. The van der Waals surface area contributed by atoms with Crippen LogP contribution in [-0.4, -0.2) is 487 Å². The summed E-state index contributed by atoms with van der Waals surface area (Å²) in [5, 5.41) is 235. The van der Waals surface area contributed by atoms with E-state index in [2.05, 4.69) is 26.6 Å². The van der Waals surface area contributed by atoms with Crippen molar-refractivity contribution < 1.29 is 232 Å². The number of ether oxygens (including phenoxy) is 12. The minimum absolute atomic E-state index is 0.0398. The van der Waals surface area contributed by atoms with Crippen LogP contribution in [0.5, 0.6) is 0 Å². The monoisotopic (exact) mass is 2050 g/mol. The van der Waals surface area contributed by atoms with Gasteiger partial charge in [0.15, 0.2) is 24.8 Å². The SMILES string of the molecule is CC(=O)N[C@H]1[C@H]([C@H](O)[C@H](O)CO)O[C@](O)(C(=O)OCC(=O)N(C)C)C[C@@H]1O.CC(=O)N[C@H]1[C@H]([C@H](O)[C@H](O)CO)O[C@](O)(C(=O)OCC2=C(C)CC(=O)O2)C[C@@H]1O.CC(=O)N[C@H]1[C@H]([C@H](O)[C@H](O)COC(=O)[C@H](N)CCCN)O[C@@](C)(O)C[C@@H]1O.CC(=O)N[C@H]1[C@H]([C@H](O)[C@H](O)COC(=O)[C@H]2CCCN2)O[C@@](C)(O)C[C@@H]1O.CC(C)[C@H](N)C(=O)OC[C@@H](O)CC1OC(O)(C(=O)OCC(=O)N(C)C)CC(O)C1[C@@H](C)O. The number of nitrogens with one attached hydrogen (secondary N) is 5. The summed E-state index contributed by atoms with van der Waals surface area (Å²) < 4.78 is 60.7. The smallest absolute Gasteiger partial charge is 0.367 e. The molecule has 0 saturated carbocycles. The molecule has 7 aliphatic rings. The first-order chi connectivity index (χ1) is 65.2. The van der Waals surface area contributed by atoms with Gasteiger partial charge in [0.25, 0.3) is 29.2 Å². The van der Waals surface area contributed by atoms with Gasteiger partial charge in [-0.3, -0.25) is 47.9 Å². The lowest BCUT2D eigenvalue weighted by atomic mass is 9.81. The molecular weight excluding hydrogens is 1900 g/mol. The summed E-state index contributed by atoms with van der Waals surface area (Å²) >= 11 is 0. The molecule has 0 spiro atoms. The molecule has 0 aliphatic carbocycles. The highest BCUT2D eigenvalue weighted by Crippen LogP contribution is 2.39. The number of likely N-dealkylation sites (N-methyl/N-ethyl adjacent to an activating group) is 2. The number of aliphatic hydroxyl groups excluding tert-OH is 17.